The molecule has 0 aromatic heterocycles. The lowest BCUT2D eigenvalue weighted by molar-refractivity contribution is -0.118. The average molecular weight is 450 g/mol. The van der Waals surface area contributed by atoms with Crippen LogP contribution in [0.1, 0.15) is 24.1 Å². The van der Waals surface area contributed by atoms with Crippen LogP contribution >= 0.6 is 0 Å². The van der Waals surface area contributed by atoms with E-state index in [1.165, 1.54) is 24.3 Å². The van der Waals surface area contributed by atoms with Crippen molar-refractivity contribution in [2.45, 2.75) is 24.3 Å². The predicted molar refractivity (Wildman–Crippen MR) is 122 cm³/mol. The Hall–Kier alpha value is -3.67. The van der Waals surface area contributed by atoms with Gasteiger partial charge in [-0.2, -0.15) is 5.26 Å². The van der Waals surface area contributed by atoms with Crippen molar-refractivity contribution < 1.29 is 17.9 Å². The van der Waals surface area contributed by atoms with Gasteiger partial charge < -0.3 is 10.1 Å². The van der Waals surface area contributed by atoms with Gasteiger partial charge in [0.2, 0.25) is 10.0 Å². The third-order valence-corrected chi connectivity index (χ3v) is 6.21. The first-order chi connectivity index (χ1) is 15.4. The van der Waals surface area contributed by atoms with Gasteiger partial charge in [-0.3, -0.25) is 4.79 Å². The molecule has 0 radical (unpaired) electrons. The molecule has 2 N–H and O–H groups in total. The third kappa shape index (κ3) is 6.41. The number of benzene rings is 3. The van der Waals surface area contributed by atoms with E-state index in [1.54, 1.807) is 31.2 Å². The fourth-order valence-electron chi connectivity index (χ4n) is 2.97. The lowest BCUT2D eigenvalue weighted by atomic mass is 10.1. The van der Waals surface area contributed by atoms with E-state index in [-0.39, 0.29) is 23.5 Å². The van der Waals surface area contributed by atoms with Gasteiger partial charge in [0, 0.05) is 11.7 Å². The van der Waals surface area contributed by atoms with Crippen molar-refractivity contribution in [1.82, 2.24) is 4.72 Å². The number of amides is 1. The van der Waals surface area contributed by atoms with Crippen LogP contribution in [0.4, 0.5) is 5.69 Å². The van der Waals surface area contributed by atoms with Crippen LogP contribution < -0.4 is 14.8 Å². The summed E-state index contributed by atoms with van der Waals surface area (Å²) in [5.74, 6) is 0.0210. The zero-order chi connectivity index (χ0) is 23.0. The molecule has 0 heterocycles. The Kier molecular flexibility index (Phi) is 7.60. The second-order valence-corrected chi connectivity index (χ2v) is 8.81. The van der Waals surface area contributed by atoms with E-state index in [4.69, 9.17) is 10.00 Å². The Bertz CT molecular complexity index is 1190. The van der Waals surface area contributed by atoms with Crippen LogP contribution in [-0.4, -0.2) is 20.9 Å². The largest absolute Gasteiger partial charge is 0.484 e. The van der Waals surface area contributed by atoms with E-state index in [1.807, 2.05) is 30.3 Å². The Balaban J connectivity index is 1.53. The number of hydrogen-bond donors (Lipinski definition) is 2. The summed E-state index contributed by atoms with van der Waals surface area (Å²) < 4.78 is 33.4. The molecule has 0 aliphatic heterocycles. The van der Waals surface area contributed by atoms with Gasteiger partial charge in [-0.15, -0.1) is 0 Å². The molecule has 0 aliphatic carbocycles. The lowest BCUT2D eigenvalue weighted by Gasteiger charge is -2.15. The van der Waals surface area contributed by atoms with E-state index in [9.17, 15) is 13.2 Å². The summed E-state index contributed by atoms with van der Waals surface area (Å²) in [5.41, 5.74) is 2.33. The van der Waals surface area contributed by atoms with Gasteiger partial charge in [0.25, 0.3) is 5.91 Å². The van der Waals surface area contributed by atoms with Crippen LogP contribution in [0.2, 0.25) is 0 Å². The Morgan fingerprint density at radius 1 is 1.00 bits per heavy atom. The zero-order valence-corrected chi connectivity index (χ0v) is 18.3. The van der Waals surface area contributed by atoms with Gasteiger partial charge in [-0.05, 0) is 54.4 Å². The molecule has 164 valence electrons. The minimum Gasteiger partial charge on any atom is -0.484 e. The number of nitriles is 1. The number of carbonyl (C=O) groups excluding carboxylic acids is 1. The Morgan fingerprint density at radius 3 is 2.28 bits per heavy atom. The molecular formula is C24H23N3O4S. The van der Waals surface area contributed by atoms with Crippen molar-refractivity contribution in [3.05, 3.63) is 90.0 Å². The zero-order valence-electron chi connectivity index (χ0n) is 17.5. The minimum absolute atomic E-state index is 0.106. The van der Waals surface area contributed by atoms with Crippen molar-refractivity contribution in [3.8, 4) is 11.8 Å². The normalized spacial score (nSPS) is 11.9. The molecule has 0 saturated carbocycles. The Morgan fingerprint density at radius 2 is 1.66 bits per heavy atom. The first-order valence-corrected chi connectivity index (χ1v) is 11.4. The summed E-state index contributed by atoms with van der Waals surface area (Å²) in [6.45, 7) is 1.55. The number of anilines is 1. The first-order valence-electron chi connectivity index (χ1n) is 9.93. The standard InChI is InChI=1S/C24H23N3O4S/c1-18(20-5-3-2-4-6-20)27-32(29,30)23-13-11-22(12-14-23)31-17-24(28)26-21-9-7-19(8-10-21)15-16-25/h2-14,18,27H,15,17H2,1H3,(H,26,28)/t18-/m1/s1. The number of ether oxygens (including phenoxy) is 1. The first kappa shape index (κ1) is 23.0. The van der Waals surface area contributed by atoms with Crippen molar-refractivity contribution in [3.63, 3.8) is 0 Å². The van der Waals surface area contributed by atoms with E-state index in [0.717, 1.165) is 11.1 Å². The maximum atomic E-state index is 12.6. The van der Waals surface area contributed by atoms with Gasteiger partial charge in [0.1, 0.15) is 5.75 Å². The molecule has 3 aromatic carbocycles. The lowest BCUT2D eigenvalue weighted by Crippen LogP contribution is -2.26. The molecule has 8 heteroatoms. The highest BCUT2D eigenvalue weighted by atomic mass is 32.2. The smallest absolute Gasteiger partial charge is 0.262 e. The molecular weight excluding hydrogens is 426 g/mol. The highest BCUT2D eigenvalue weighted by Gasteiger charge is 2.18. The predicted octanol–water partition coefficient (Wildman–Crippen LogP) is 3.81. The van der Waals surface area contributed by atoms with Crippen LogP contribution in [0.3, 0.4) is 0 Å². The van der Waals surface area contributed by atoms with Crippen molar-refractivity contribution in [2.75, 3.05) is 11.9 Å². The summed E-state index contributed by atoms with van der Waals surface area (Å²) in [6.07, 6.45) is 0.309. The highest BCUT2D eigenvalue weighted by Crippen LogP contribution is 2.19. The van der Waals surface area contributed by atoms with Crippen molar-refractivity contribution in [2.24, 2.45) is 0 Å². The van der Waals surface area contributed by atoms with Gasteiger partial charge in [-0.25, -0.2) is 13.1 Å². The number of nitrogens with one attached hydrogen (secondary N) is 2. The van der Waals surface area contributed by atoms with Crippen molar-refractivity contribution >= 4 is 21.6 Å². The average Bonchev–Trinajstić information content (AvgIpc) is 2.80. The topological polar surface area (TPSA) is 108 Å². The summed E-state index contributed by atoms with van der Waals surface area (Å²) in [6, 6.07) is 23.8. The Labute approximate surface area is 187 Å². The van der Waals surface area contributed by atoms with Crippen LogP contribution in [0, 0.1) is 11.3 Å². The van der Waals surface area contributed by atoms with E-state index >= 15 is 0 Å². The molecule has 0 aliphatic rings. The monoisotopic (exact) mass is 449 g/mol. The third-order valence-electron chi connectivity index (χ3n) is 4.66. The quantitative estimate of drug-likeness (QED) is 0.516. The highest BCUT2D eigenvalue weighted by molar-refractivity contribution is 7.89. The molecule has 0 spiro atoms. The van der Waals surface area contributed by atoms with Crippen LogP contribution in [0.15, 0.2) is 83.8 Å². The van der Waals surface area contributed by atoms with Gasteiger partial charge in [0.15, 0.2) is 6.61 Å². The number of nitrogens with zero attached hydrogens (tertiary/aromatic N) is 1. The molecule has 1 atom stereocenters. The molecule has 1 amide bonds. The molecule has 0 fully saturated rings. The number of carbonyl (C=O) groups is 1. The fourth-order valence-corrected chi connectivity index (χ4v) is 4.20. The number of sulfonamides is 1. The van der Waals surface area contributed by atoms with Gasteiger partial charge >= 0.3 is 0 Å². The molecule has 32 heavy (non-hydrogen) atoms. The summed E-state index contributed by atoms with van der Waals surface area (Å²) in [4.78, 5) is 12.2. The summed E-state index contributed by atoms with van der Waals surface area (Å²) in [5, 5.41) is 11.4. The second kappa shape index (κ2) is 10.6. The molecule has 3 aromatic rings. The molecule has 0 unspecified atom stereocenters. The fraction of sp³-hybridized carbons (Fsp3) is 0.167. The van der Waals surface area contributed by atoms with Crippen LogP contribution in [0.5, 0.6) is 5.75 Å². The maximum absolute atomic E-state index is 12.6. The molecule has 3 rings (SSSR count). The number of hydrogen-bond acceptors (Lipinski definition) is 5. The van der Waals surface area contributed by atoms with Crippen LogP contribution in [-0.2, 0) is 21.2 Å². The van der Waals surface area contributed by atoms with Crippen molar-refractivity contribution in [1.29, 1.82) is 5.26 Å². The molecule has 0 bridgehead atoms. The van der Waals surface area contributed by atoms with Crippen LogP contribution in [0.25, 0.3) is 0 Å². The van der Waals surface area contributed by atoms with E-state index in [2.05, 4.69) is 16.1 Å². The summed E-state index contributed by atoms with van der Waals surface area (Å²) in [7, 11) is -3.71. The number of rotatable bonds is 9. The van der Waals surface area contributed by atoms with Gasteiger partial charge in [0.05, 0.1) is 17.4 Å². The second-order valence-electron chi connectivity index (χ2n) is 7.09. The molecule has 0 saturated heterocycles. The summed E-state index contributed by atoms with van der Waals surface area (Å²) >= 11 is 0. The van der Waals surface area contributed by atoms with E-state index in [0.29, 0.717) is 17.9 Å². The maximum Gasteiger partial charge on any atom is 0.262 e. The van der Waals surface area contributed by atoms with Gasteiger partial charge in [-0.1, -0.05) is 42.5 Å². The minimum atomic E-state index is -3.71. The SMILES string of the molecule is C[C@@H](NS(=O)(=O)c1ccc(OCC(=O)Nc2ccc(CC#N)cc2)cc1)c1ccccc1. The van der Waals surface area contributed by atoms with E-state index < -0.39 is 10.0 Å². The molecule has 7 nitrogen and oxygen atoms in total.